The van der Waals surface area contributed by atoms with Crippen LogP contribution in [-0.2, 0) is 4.79 Å². The molecule has 5 heteroatoms. The third-order valence-electron chi connectivity index (χ3n) is 1.93. The molecule has 0 spiro atoms. The van der Waals surface area contributed by atoms with Crippen LogP contribution in [0.1, 0.15) is 18.5 Å². The van der Waals surface area contributed by atoms with Gasteiger partial charge in [0.2, 0.25) is 0 Å². The van der Waals surface area contributed by atoms with Gasteiger partial charge in [-0.3, -0.25) is 4.79 Å². The van der Waals surface area contributed by atoms with Crippen LogP contribution in [0.4, 0.5) is 11.5 Å². The maximum absolute atomic E-state index is 10.3. The number of pyridine rings is 1. The number of nitrogens with zero attached hydrogens (tertiary/aromatic N) is 1. The van der Waals surface area contributed by atoms with Crippen molar-refractivity contribution in [1.29, 1.82) is 0 Å². The summed E-state index contributed by atoms with van der Waals surface area (Å²) in [6.45, 7) is 2.44. The van der Waals surface area contributed by atoms with Gasteiger partial charge in [0.1, 0.15) is 5.82 Å². The van der Waals surface area contributed by atoms with Crippen molar-refractivity contribution in [2.24, 2.45) is 0 Å². The Bertz CT molecular complexity index is 353. The average Bonchev–Trinajstić information content (AvgIpc) is 2.17. The second-order valence-corrected chi connectivity index (χ2v) is 3.31. The second-order valence-electron chi connectivity index (χ2n) is 3.31. The SMILES string of the molecule is Cc1ccc(N)c(NCCCC(=O)O)n1. The van der Waals surface area contributed by atoms with E-state index in [-0.39, 0.29) is 6.42 Å². The van der Waals surface area contributed by atoms with Crippen LogP contribution in [0.5, 0.6) is 0 Å². The molecule has 0 aromatic carbocycles. The second kappa shape index (κ2) is 5.19. The molecule has 0 atom stereocenters. The van der Waals surface area contributed by atoms with E-state index in [0.717, 1.165) is 5.69 Å². The van der Waals surface area contributed by atoms with Crippen molar-refractivity contribution in [3.05, 3.63) is 17.8 Å². The summed E-state index contributed by atoms with van der Waals surface area (Å²) >= 11 is 0. The molecule has 1 rings (SSSR count). The molecule has 0 saturated carbocycles. The van der Waals surface area contributed by atoms with Crippen LogP contribution in [0.2, 0.25) is 0 Å². The fraction of sp³-hybridized carbons (Fsp3) is 0.400. The third kappa shape index (κ3) is 3.84. The van der Waals surface area contributed by atoms with Crippen LogP contribution in [0, 0.1) is 6.92 Å². The number of carbonyl (C=O) groups is 1. The molecule has 0 bridgehead atoms. The highest BCUT2D eigenvalue weighted by Crippen LogP contribution is 2.14. The maximum atomic E-state index is 10.3. The number of hydrogen-bond acceptors (Lipinski definition) is 4. The molecule has 0 aliphatic carbocycles. The lowest BCUT2D eigenvalue weighted by atomic mass is 10.3. The molecule has 5 nitrogen and oxygen atoms in total. The van der Waals surface area contributed by atoms with Gasteiger partial charge in [0.15, 0.2) is 0 Å². The highest BCUT2D eigenvalue weighted by atomic mass is 16.4. The number of nitrogens with two attached hydrogens (primary N) is 1. The quantitative estimate of drug-likeness (QED) is 0.635. The number of carboxylic acids is 1. The Morgan fingerprint density at radius 1 is 1.60 bits per heavy atom. The van der Waals surface area contributed by atoms with Crippen LogP contribution >= 0.6 is 0 Å². The normalized spacial score (nSPS) is 9.93. The molecule has 15 heavy (non-hydrogen) atoms. The van der Waals surface area contributed by atoms with E-state index < -0.39 is 5.97 Å². The van der Waals surface area contributed by atoms with Crippen LogP contribution in [0.15, 0.2) is 12.1 Å². The highest BCUT2D eigenvalue weighted by molar-refractivity contribution is 5.66. The number of aryl methyl sites for hydroxylation is 1. The summed E-state index contributed by atoms with van der Waals surface area (Å²) in [6, 6.07) is 3.61. The van der Waals surface area contributed by atoms with Gasteiger partial charge >= 0.3 is 5.97 Å². The predicted octanol–water partition coefficient (Wildman–Crippen LogP) is 1.25. The van der Waals surface area contributed by atoms with Gasteiger partial charge in [0.25, 0.3) is 0 Å². The first kappa shape index (κ1) is 11.3. The molecular weight excluding hydrogens is 194 g/mol. The van der Waals surface area contributed by atoms with Crippen molar-refractivity contribution in [1.82, 2.24) is 4.98 Å². The van der Waals surface area contributed by atoms with Gasteiger partial charge in [-0.25, -0.2) is 4.98 Å². The Balaban J connectivity index is 2.43. The molecule has 0 fully saturated rings. The van der Waals surface area contributed by atoms with Crippen molar-refractivity contribution in [2.45, 2.75) is 19.8 Å². The fourth-order valence-corrected chi connectivity index (χ4v) is 1.16. The Labute approximate surface area is 88.3 Å². The summed E-state index contributed by atoms with van der Waals surface area (Å²) < 4.78 is 0. The molecule has 1 heterocycles. The number of nitrogen functional groups attached to an aromatic ring is 1. The van der Waals surface area contributed by atoms with E-state index in [9.17, 15) is 4.79 Å². The van der Waals surface area contributed by atoms with Gasteiger partial charge in [-0.15, -0.1) is 0 Å². The minimum absolute atomic E-state index is 0.152. The number of anilines is 2. The molecule has 0 aliphatic heterocycles. The third-order valence-corrected chi connectivity index (χ3v) is 1.93. The molecular formula is C10H15N3O2. The van der Waals surface area contributed by atoms with E-state index in [1.807, 2.05) is 13.0 Å². The lowest BCUT2D eigenvalue weighted by Gasteiger charge is -2.07. The first-order chi connectivity index (χ1) is 7.09. The van der Waals surface area contributed by atoms with Crippen LogP contribution in [0.25, 0.3) is 0 Å². The minimum atomic E-state index is -0.790. The first-order valence-corrected chi connectivity index (χ1v) is 4.78. The summed E-state index contributed by atoms with van der Waals surface area (Å²) in [5, 5.41) is 11.5. The van der Waals surface area contributed by atoms with Gasteiger partial charge in [-0.2, -0.15) is 0 Å². The van der Waals surface area contributed by atoms with E-state index in [1.165, 1.54) is 0 Å². The predicted molar refractivity (Wildman–Crippen MR) is 58.7 cm³/mol. The zero-order valence-corrected chi connectivity index (χ0v) is 8.66. The smallest absolute Gasteiger partial charge is 0.303 e. The zero-order valence-electron chi connectivity index (χ0n) is 8.66. The number of rotatable bonds is 5. The minimum Gasteiger partial charge on any atom is -0.481 e. The molecule has 0 radical (unpaired) electrons. The lowest BCUT2D eigenvalue weighted by Crippen LogP contribution is -2.08. The molecule has 0 aliphatic rings. The van der Waals surface area contributed by atoms with Crippen molar-refractivity contribution in [3.63, 3.8) is 0 Å². The molecule has 0 amide bonds. The number of aliphatic carboxylic acids is 1. The van der Waals surface area contributed by atoms with Gasteiger partial charge in [0, 0.05) is 18.7 Å². The van der Waals surface area contributed by atoms with Crippen molar-refractivity contribution >= 4 is 17.5 Å². The number of hydrogen-bond donors (Lipinski definition) is 3. The molecule has 4 N–H and O–H groups in total. The van der Waals surface area contributed by atoms with Crippen LogP contribution in [-0.4, -0.2) is 22.6 Å². The molecule has 0 saturated heterocycles. The highest BCUT2D eigenvalue weighted by Gasteiger charge is 2.01. The summed E-state index contributed by atoms with van der Waals surface area (Å²) in [7, 11) is 0. The van der Waals surface area contributed by atoms with Gasteiger partial charge in [-0.05, 0) is 25.5 Å². The van der Waals surface area contributed by atoms with Gasteiger partial charge < -0.3 is 16.2 Å². The maximum Gasteiger partial charge on any atom is 0.303 e. The number of carboxylic acid groups (broad SMARTS) is 1. The number of nitrogens with one attached hydrogen (secondary N) is 1. The standard InChI is InChI=1S/C10H15N3O2/c1-7-4-5-8(11)10(13-7)12-6-2-3-9(14)15/h4-5H,2-3,6,11H2,1H3,(H,12,13)(H,14,15). The summed E-state index contributed by atoms with van der Waals surface area (Å²) in [5.41, 5.74) is 7.15. The first-order valence-electron chi connectivity index (χ1n) is 4.78. The average molecular weight is 209 g/mol. The van der Waals surface area contributed by atoms with Gasteiger partial charge in [0.05, 0.1) is 5.69 Å². The molecule has 1 aromatic heterocycles. The lowest BCUT2D eigenvalue weighted by molar-refractivity contribution is -0.137. The summed E-state index contributed by atoms with van der Waals surface area (Å²) in [4.78, 5) is 14.5. The van der Waals surface area contributed by atoms with Gasteiger partial charge in [-0.1, -0.05) is 0 Å². The summed E-state index contributed by atoms with van der Waals surface area (Å²) in [6.07, 6.45) is 0.711. The molecule has 1 aromatic rings. The van der Waals surface area contributed by atoms with Crippen LogP contribution in [0.3, 0.4) is 0 Å². The Morgan fingerprint density at radius 3 is 3.00 bits per heavy atom. The van der Waals surface area contributed by atoms with E-state index in [2.05, 4.69) is 10.3 Å². The Hall–Kier alpha value is -1.78. The van der Waals surface area contributed by atoms with Crippen molar-refractivity contribution < 1.29 is 9.90 Å². The van der Waals surface area contributed by atoms with Crippen LogP contribution < -0.4 is 11.1 Å². The zero-order chi connectivity index (χ0) is 11.3. The largest absolute Gasteiger partial charge is 0.481 e. The summed E-state index contributed by atoms with van der Waals surface area (Å²) in [5.74, 6) is -0.164. The topological polar surface area (TPSA) is 88.2 Å². The van der Waals surface area contributed by atoms with Crippen molar-refractivity contribution in [2.75, 3.05) is 17.6 Å². The molecule has 82 valence electrons. The van der Waals surface area contributed by atoms with E-state index in [0.29, 0.717) is 24.5 Å². The molecule has 0 unspecified atom stereocenters. The Kier molecular flexibility index (Phi) is 3.91. The van der Waals surface area contributed by atoms with E-state index >= 15 is 0 Å². The fourth-order valence-electron chi connectivity index (χ4n) is 1.16. The van der Waals surface area contributed by atoms with Crippen molar-refractivity contribution in [3.8, 4) is 0 Å². The Morgan fingerprint density at radius 2 is 2.33 bits per heavy atom. The van der Waals surface area contributed by atoms with E-state index in [4.69, 9.17) is 10.8 Å². The number of aromatic nitrogens is 1. The monoisotopic (exact) mass is 209 g/mol. The van der Waals surface area contributed by atoms with E-state index in [1.54, 1.807) is 6.07 Å².